The lowest BCUT2D eigenvalue weighted by Gasteiger charge is -2.36. The summed E-state index contributed by atoms with van der Waals surface area (Å²) in [6.07, 6.45) is 2.23. The number of hydrogen-bond acceptors (Lipinski definition) is 11. The number of amides is 1. The van der Waals surface area contributed by atoms with Crippen molar-refractivity contribution in [2.45, 2.75) is 76.8 Å². The molecule has 2 atom stereocenters. The number of nitrogens with one attached hydrogen (secondary N) is 2. The van der Waals surface area contributed by atoms with Crippen LogP contribution in [0.2, 0.25) is 0 Å². The van der Waals surface area contributed by atoms with E-state index in [0.717, 1.165) is 18.1 Å². The van der Waals surface area contributed by atoms with Gasteiger partial charge in [0.25, 0.3) is 0 Å². The predicted octanol–water partition coefficient (Wildman–Crippen LogP) is 1.65. The Morgan fingerprint density at radius 3 is 1.57 bits per heavy atom. The normalized spacial score (nSPS) is 16.9. The summed E-state index contributed by atoms with van der Waals surface area (Å²) in [5.41, 5.74) is -0.523. The molecule has 0 aliphatic heterocycles. The number of rotatable bonds is 25. The van der Waals surface area contributed by atoms with Crippen molar-refractivity contribution in [2.24, 2.45) is 5.41 Å². The fourth-order valence-corrected chi connectivity index (χ4v) is 7.35. The van der Waals surface area contributed by atoms with Crippen LogP contribution in [0.15, 0.2) is 0 Å². The maximum atomic E-state index is 12.7. The van der Waals surface area contributed by atoms with E-state index < -0.39 is 23.3 Å². The maximum absolute atomic E-state index is 12.7. The molecule has 0 spiro atoms. The molecular weight excluding hydrogens is 635 g/mol. The molecule has 13 nitrogen and oxygen atoms in total. The topological polar surface area (TPSA) is 180 Å². The number of carboxylic acids is 3. The van der Waals surface area contributed by atoms with Crippen molar-refractivity contribution >= 4 is 53.1 Å². The summed E-state index contributed by atoms with van der Waals surface area (Å²) in [4.78, 5) is 64.2. The number of nitrogens with zero attached hydrogens (tertiary/aromatic N) is 3. The number of hydrogen-bond donors (Lipinski definition) is 5. The molecule has 266 valence electrons. The van der Waals surface area contributed by atoms with E-state index in [2.05, 4.69) is 31.4 Å². The molecule has 0 aromatic heterocycles. The smallest absolute Gasteiger partial charge is 0.317 e. The van der Waals surface area contributed by atoms with Gasteiger partial charge in [-0.15, -0.1) is 0 Å². The van der Waals surface area contributed by atoms with Crippen LogP contribution in [-0.2, 0) is 24.0 Å². The van der Waals surface area contributed by atoms with E-state index in [1.165, 1.54) is 22.6 Å². The molecule has 5 N–H and O–H groups in total. The van der Waals surface area contributed by atoms with Gasteiger partial charge in [-0.25, -0.2) is 0 Å². The number of ketones is 1. The van der Waals surface area contributed by atoms with E-state index in [4.69, 9.17) is 0 Å². The van der Waals surface area contributed by atoms with Gasteiger partial charge < -0.3 is 30.9 Å². The molecule has 1 amide bonds. The lowest BCUT2D eigenvalue weighted by molar-refractivity contribution is -0.140. The Bertz CT molecular complexity index is 989. The second kappa shape index (κ2) is 21.1. The summed E-state index contributed by atoms with van der Waals surface area (Å²) in [6.45, 7) is 13.5. The van der Waals surface area contributed by atoms with E-state index in [1.807, 2.05) is 23.5 Å². The minimum atomic E-state index is -1.08. The van der Waals surface area contributed by atoms with Crippen LogP contribution in [0.5, 0.6) is 0 Å². The van der Waals surface area contributed by atoms with E-state index in [9.17, 15) is 39.3 Å². The van der Waals surface area contributed by atoms with Crippen LogP contribution in [-0.4, -0.2) is 159 Å². The van der Waals surface area contributed by atoms with Gasteiger partial charge in [0.15, 0.2) is 5.78 Å². The molecule has 0 heterocycles. The Morgan fingerprint density at radius 2 is 1.13 bits per heavy atom. The standard InChI is InChI=1S/C31H57N5O8S2/c1-30(2,3)25(37)19-35(21-28(41)42)15-13-34(12-9-27(39)40)14-16-36(22-29(43)44)20-26(38)32-10-17-45-23-7-8-24(23)46-18-11-33-31(4,5)6/h23-24,33H,7-22H2,1-6H3,(H,32,38)(H,39,40)(H,41,42)(H,43,44). The number of thioether (sulfide) groups is 2. The summed E-state index contributed by atoms with van der Waals surface area (Å²) in [5.74, 6) is -1.70. The van der Waals surface area contributed by atoms with E-state index in [-0.39, 0.29) is 82.6 Å². The molecule has 1 saturated carbocycles. The second-order valence-electron chi connectivity index (χ2n) is 13.8. The Morgan fingerprint density at radius 1 is 0.652 bits per heavy atom. The first-order valence-corrected chi connectivity index (χ1v) is 18.1. The summed E-state index contributed by atoms with van der Waals surface area (Å²) in [6, 6.07) is 0. The summed E-state index contributed by atoms with van der Waals surface area (Å²) >= 11 is 3.86. The summed E-state index contributed by atoms with van der Waals surface area (Å²) < 4.78 is 0. The molecule has 2 unspecified atom stereocenters. The minimum absolute atomic E-state index is 0.0542. The number of carboxylic acid groups (broad SMARTS) is 3. The fourth-order valence-electron chi connectivity index (χ4n) is 4.52. The molecule has 0 radical (unpaired) electrons. The third-order valence-electron chi connectivity index (χ3n) is 7.39. The highest BCUT2D eigenvalue weighted by Gasteiger charge is 2.31. The van der Waals surface area contributed by atoms with Gasteiger partial charge in [0, 0.05) is 78.8 Å². The third kappa shape index (κ3) is 20.4. The summed E-state index contributed by atoms with van der Waals surface area (Å²) in [7, 11) is 0. The van der Waals surface area contributed by atoms with Crippen LogP contribution in [0, 0.1) is 5.41 Å². The first-order chi connectivity index (χ1) is 21.4. The Balaban J connectivity index is 2.59. The van der Waals surface area contributed by atoms with Crippen molar-refractivity contribution in [1.82, 2.24) is 25.3 Å². The van der Waals surface area contributed by atoms with E-state index in [0.29, 0.717) is 17.0 Å². The van der Waals surface area contributed by atoms with Crippen LogP contribution in [0.3, 0.4) is 0 Å². The Kier molecular flexibility index (Phi) is 19.4. The molecular formula is C31H57N5O8S2. The fraction of sp³-hybridized carbons (Fsp3) is 0.839. The van der Waals surface area contributed by atoms with Crippen molar-refractivity contribution in [1.29, 1.82) is 0 Å². The Labute approximate surface area is 282 Å². The van der Waals surface area contributed by atoms with Crippen LogP contribution < -0.4 is 10.6 Å². The predicted molar refractivity (Wildman–Crippen MR) is 184 cm³/mol. The van der Waals surface area contributed by atoms with Gasteiger partial charge in [0.05, 0.1) is 32.6 Å². The monoisotopic (exact) mass is 691 g/mol. The van der Waals surface area contributed by atoms with Crippen LogP contribution in [0.25, 0.3) is 0 Å². The first-order valence-electron chi connectivity index (χ1n) is 16.0. The van der Waals surface area contributed by atoms with E-state index in [1.54, 1.807) is 25.7 Å². The SMILES string of the molecule is CC(C)(C)NCCSC1CCC1SCCNC(=O)CN(CCN(CCC(=O)O)CCN(CC(=O)O)CC(=O)C(C)(C)C)CC(=O)O. The van der Waals surface area contributed by atoms with Crippen molar-refractivity contribution in [2.75, 3.05) is 83.5 Å². The summed E-state index contributed by atoms with van der Waals surface area (Å²) in [5, 5.41) is 35.6. The first kappa shape index (κ1) is 42.1. The van der Waals surface area contributed by atoms with Crippen LogP contribution >= 0.6 is 23.5 Å². The number of aliphatic carboxylic acids is 3. The second-order valence-corrected chi connectivity index (χ2v) is 16.5. The molecule has 0 aromatic rings. The lowest BCUT2D eigenvalue weighted by Crippen LogP contribution is -2.46. The van der Waals surface area contributed by atoms with Gasteiger partial charge >= 0.3 is 17.9 Å². The van der Waals surface area contributed by atoms with Gasteiger partial charge in [-0.1, -0.05) is 20.8 Å². The molecule has 0 saturated heterocycles. The highest BCUT2D eigenvalue weighted by molar-refractivity contribution is 8.04. The van der Waals surface area contributed by atoms with Crippen molar-refractivity contribution in [3.63, 3.8) is 0 Å². The van der Waals surface area contributed by atoms with Gasteiger partial charge in [-0.2, -0.15) is 23.5 Å². The average molecular weight is 692 g/mol. The molecule has 0 aromatic carbocycles. The molecule has 0 bridgehead atoms. The van der Waals surface area contributed by atoms with Crippen LogP contribution in [0.1, 0.15) is 60.8 Å². The molecule has 15 heteroatoms. The molecule has 46 heavy (non-hydrogen) atoms. The largest absolute Gasteiger partial charge is 0.481 e. The Hall–Kier alpha value is -1.91. The van der Waals surface area contributed by atoms with Crippen LogP contribution in [0.4, 0.5) is 0 Å². The number of carbonyl (C=O) groups excluding carboxylic acids is 2. The average Bonchev–Trinajstić information content (AvgIpc) is 2.89. The minimum Gasteiger partial charge on any atom is -0.481 e. The number of carbonyl (C=O) groups is 5. The molecule has 1 fully saturated rings. The highest BCUT2D eigenvalue weighted by atomic mass is 32.2. The van der Waals surface area contributed by atoms with Gasteiger partial charge in [-0.05, 0) is 33.6 Å². The zero-order chi connectivity index (χ0) is 34.9. The van der Waals surface area contributed by atoms with Gasteiger partial charge in [-0.3, -0.25) is 33.8 Å². The van der Waals surface area contributed by atoms with Crippen molar-refractivity contribution < 1.29 is 39.3 Å². The van der Waals surface area contributed by atoms with E-state index >= 15 is 0 Å². The van der Waals surface area contributed by atoms with Gasteiger partial charge in [0.1, 0.15) is 0 Å². The zero-order valence-electron chi connectivity index (χ0n) is 28.5. The van der Waals surface area contributed by atoms with Crippen molar-refractivity contribution in [3.8, 4) is 0 Å². The maximum Gasteiger partial charge on any atom is 0.317 e. The zero-order valence-corrected chi connectivity index (χ0v) is 30.1. The highest BCUT2D eigenvalue weighted by Crippen LogP contribution is 2.39. The molecule has 1 aliphatic rings. The lowest BCUT2D eigenvalue weighted by atomic mass is 9.90. The number of Topliss-reactive ketones (excluding diaryl/α,β-unsaturated/α-hetero) is 1. The quantitative estimate of drug-likeness (QED) is 0.0873. The van der Waals surface area contributed by atoms with Crippen molar-refractivity contribution in [3.05, 3.63) is 0 Å². The van der Waals surface area contributed by atoms with Gasteiger partial charge in [0.2, 0.25) is 5.91 Å². The third-order valence-corrected chi connectivity index (χ3v) is 10.4. The molecule has 1 rings (SSSR count). The molecule has 1 aliphatic carbocycles.